The van der Waals surface area contributed by atoms with Gasteiger partial charge in [-0.15, -0.1) is 0 Å². The monoisotopic (exact) mass is 406 g/mol. The van der Waals surface area contributed by atoms with E-state index in [-0.39, 0.29) is 24.0 Å². The third-order valence-corrected chi connectivity index (χ3v) is 5.55. The fraction of sp³-hybridized carbons (Fsp3) is 0.350. The first-order valence-electron chi connectivity index (χ1n) is 8.87. The van der Waals surface area contributed by atoms with Crippen molar-refractivity contribution < 1.29 is 22.7 Å². The van der Waals surface area contributed by atoms with Crippen molar-refractivity contribution >= 4 is 15.9 Å². The van der Waals surface area contributed by atoms with Crippen LogP contribution in [0.4, 0.5) is 0 Å². The van der Waals surface area contributed by atoms with Crippen LogP contribution in [0.2, 0.25) is 0 Å². The van der Waals surface area contributed by atoms with Crippen LogP contribution in [0.1, 0.15) is 15.9 Å². The van der Waals surface area contributed by atoms with Gasteiger partial charge in [-0.3, -0.25) is 4.79 Å². The molecule has 0 saturated heterocycles. The van der Waals surface area contributed by atoms with E-state index in [1.807, 2.05) is 31.2 Å². The molecule has 2 aromatic rings. The molecule has 2 aromatic carbocycles. The van der Waals surface area contributed by atoms with E-state index in [9.17, 15) is 13.2 Å². The van der Waals surface area contributed by atoms with E-state index in [2.05, 4.69) is 4.72 Å². The molecule has 0 aliphatic heterocycles. The van der Waals surface area contributed by atoms with Crippen LogP contribution in [-0.4, -0.2) is 59.7 Å². The third kappa shape index (κ3) is 6.33. The van der Waals surface area contributed by atoms with Crippen molar-refractivity contribution in [1.29, 1.82) is 0 Å². The number of methoxy groups -OCH3 is 1. The molecular weight excluding hydrogens is 380 g/mol. The summed E-state index contributed by atoms with van der Waals surface area (Å²) in [7, 11) is -0.443. The summed E-state index contributed by atoms with van der Waals surface area (Å²) in [6.45, 7) is 3.24. The maximum absolute atomic E-state index is 12.5. The van der Waals surface area contributed by atoms with Crippen molar-refractivity contribution in [3.05, 3.63) is 59.7 Å². The average Bonchev–Trinajstić information content (AvgIpc) is 2.69. The number of aryl methyl sites for hydroxylation is 1. The molecule has 0 bridgehead atoms. The van der Waals surface area contributed by atoms with Gasteiger partial charge in [-0.2, -0.15) is 0 Å². The number of sulfonamides is 1. The van der Waals surface area contributed by atoms with E-state index < -0.39 is 10.0 Å². The molecule has 0 spiro atoms. The molecule has 0 unspecified atom stereocenters. The lowest BCUT2D eigenvalue weighted by atomic mass is 10.2. The van der Waals surface area contributed by atoms with Crippen LogP contribution in [0.3, 0.4) is 0 Å². The van der Waals surface area contributed by atoms with Gasteiger partial charge >= 0.3 is 0 Å². The molecule has 7 nitrogen and oxygen atoms in total. The Bertz CT molecular complexity index is 864. The Balaban J connectivity index is 1.89. The molecule has 0 atom stereocenters. The molecular formula is C20H26N2O5S. The topological polar surface area (TPSA) is 84.9 Å². The third-order valence-electron chi connectivity index (χ3n) is 4.07. The Hall–Kier alpha value is -2.42. The van der Waals surface area contributed by atoms with Crippen molar-refractivity contribution in [2.45, 2.75) is 11.8 Å². The van der Waals surface area contributed by atoms with Crippen LogP contribution < -0.4 is 9.46 Å². The number of carbonyl (C=O) groups excluding carboxylic acids is 1. The Morgan fingerprint density at radius 1 is 1.04 bits per heavy atom. The summed E-state index contributed by atoms with van der Waals surface area (Å²) >= 11 is 0. The molecule has 28 heavy (non-hydrogen) atoms. The number of amides is 1. The van der Waals surface area contributed by atoms with Gasteiger partial charge in [0.2, 0.25) is 10.0 Å². The van der Waals surface area contributed by atoms with Gasteiger partial charge in [0.15, 0.2) is 0 Å². The zero-order valence-electron chi connectivity index (χ0n) is 16.3. The number of hydrogen-bond donors (Lipinski definition) is 1. The van der Waals surface area contributed by atoms with Crippen molar-refractivity contribution in [2.75, 3.05) is 40.5 Å². The minimum absolute atomic E-state index is 0.102. The summed E-state index contributed by atoms with van der Waals surface area (Å²) in [5, 5.41) is 0. The predicted octanol–water partition coefficient (Wildman–Crippen LogP) is 2.07. The molecule has 1 N–H and O–H groups in total. The second kappa shape index (κ2) is 10.2. The number of nitrogens with zero attached hydrogens (tertiary/aromatic N) is 1. The number of benzene rings is 2. The van der Waals surface area contributed by atoms with E-state index in [4.69, 9.17) is 9.47 Å². The largest absolute Gasteiger partial charge is 0.492 e. The summed E-state index contributed by atoms with van der Waals surface area (Å²) in [4.78, 5) is 14.1. The zero-order chi connectivity index (χ0) is 20.6. The molecule has 0 radical (unpaired) electrons. The first kappa shape index (κ1) is 21.9. The number of nitrogens with one attached hydrogen (secondary N) is 1. The van der Waals surface area contributed by atoms with Gasteiger partial charge < -0.3 is 14.4 Å². The first-order chi connectivity index (χ1) is 13.3. The first-order valence-corrected chi connectivity index (χ1v) is 10.4. The van der Waals surface area contributed by atoms with Crippen molar-refractivity contribution in [3.63, 3.8) is 0 Å². The average molecular weight is 407 g/mol. The smallest absolute Gasteiger partial charge is 0.253 e. The highest BCUT2D eigenvalue weighted by Gasteiger charge is 2.16. The SMILES string of the molecule is COCCNS(=O)(=O)c1ccc(C(=O)N(C)CCOc2ccc(C)cc2)cc1. The zero-order valence-corrected chi connectivity index (χ0v) is 17.2. The van der Waals surface area contributed by atoms with Gasteiger partial charge in [0.25, 0.3) is 5.91 Å². The van der Waals surface area contributed by atoms with Crippen LogP contribution in [0.25, 0.3) is 0 Å². The summed E-state index contributed by atoms with van der Waals surface area (Å²) in [6, 6.07) is 13.5. The van der Waals surface area contributed by atoms with E-state index >= 15 is 0 Å². The van der Waals surface area contributed by atoms with Crippen molar-refractivity contribution in [1.82, 2.24) is 9.62 Å². The number of ether oxygens (including phenoxy) is 2. The van der Waals surface area contributed by atoms with Crippen LogP contribution in [0.15, 0.2) is 53.4 Å². The van der Waals surface area contributed by atoms with Gasteiger partial charge in [0.1, 0.15) is 12.4 Å². The fourth-order valence-electron chi connectivity index (χ4n) is 2.39. The standard InChI is InChI=1S/C20H26N2O5S/c1-16-4-8-18(9-5-16)27-15-13-22(2)20(23)17-6-10-19(11-7-17)28(24,25)21-12-14-26-3/h4-11,21H,12-15H2,1-3H3. The fourth-order valence-corrected chi connectivity index (χ4v) is 3.41. The number of carbonyl (C=O) groups is 1. The molecule has 8 heteroatoms. The molecule has 1 amide bonds. The summed E-state index contributed by atoms with van der Waals surface area (Å²) < 4.78 is 37.2. The maximum atomic E-state index is 12.5. The summed E-state index contributed by atoms with van der Waals surface area (Å²) in [5.74, 6) is 0.547. The molecule has 0 aromatic heterocycles. The second-order valence-electron chi connectivity index (χ2n) is 6.30. The molecule has 0 saturated carbocycles. The number of rotatable bonds is 10. The normalized spacial score (nSPS) is 11.2. The number of likely N-dealkylation sites (N-methyl/N-ethyl adjacent to an activating group) is 1. The molecule has 0 heterocycles. The Morgan fingerprint density at radius 2 is 1.68 bits per heavy atom. The lowest BCUT2D eigenvalue weighted by Gasteiger charge is -2.18. The maximum Gasteiger partial charge on any atom is 0.253 e. The summed E-state index contributed by atoms with van der Waals surface area (Å²) in [5.41, 5.74) is 1.56. The summed E-state index contributed by atoms with van der Waals surface area (Å²) in [6.07, 6.45) is 0. The van der Waals surface area contributed by atoms with Gasteiger partial charge in [0, 0.05) is 26.3 Å². The molecule has 0 fully saturated rings. The van der Waals surface area contributed by atoms with Crippen molar-refractivity contribution in [3.8, 4) is 5.75 Å². The van der Waals surface area contributed by atoms with E-state index in [0.717, 1.165) is 11.3 Å². The van der Waals surface area contributed by atoms with E-state index in [1.54, 1.807) is 7.05 Å². The minimum Gasteiger partial charge on any atom is -0.492 e. The quantitative estimate of drug-likeness (QED) is 0.611. The minimum atomic E-state index is -3.62. The molecule has 0 aliphatic carbocycles. The van der Waals surface area contributed by atoms with Gasteiger partial charge in [-0.1, -0.05) is 17.7 Å². The van der Waals surface area contributed by atoms with E-state index in [0.29, 0.717) is 18.7 Å². The number of hydrogen-bond acceptors (Lipinski definition) is 5. The van der Waals surface area contributed by atoms with Crippen molar-refractivity contribution in [2.24, 2.45) is 0 Å². The van der Waals surface area contributed by atoms with E-state index in [1.165, 1.54) is 36.3 Å². The van der Waals surface area contributed by atoms with Gasteiger partial charge in [-0.25, -0.2) is 13.1 Å². The predicted molar refractivity (Wildman–Crippen MR) is 107 cm³/mol. The highest BCUT2D eigenvalue weighted by Crippen LogP contribution is 2.13. The van der Waals surface area contributed by atoms with Gasteiger partial charge in [-0.05, 0) is 43.3 Å². The highest BCUT2D eigenvalue weighted by atomic mass is 32.2. The highest BCUT2D eigenvalue weighted by molar-refractivity contribution is 7.89. The van der Waals surface area contributed by atoms with Crippen LogP contribution in [-0.2, 0) is 14.8 Å². The lowest BCUT2D eigenvalue weighted by Crippen LogP contribution is -2.31. The molecule has 152 valence electrons. The Kier molecular flexibility index (Phi) is 7.98. The second-order valence-corrected chi connectivity index (χ2v) is 8.07. The Morgan fingerprint density at radius 3 is 2.29 bits per heavy atom. The van der Waals surface area contributed by atoms with Gasteiger partial charge in [0.05, 0.1) is 18.0 Å². The van der Waals surface area contributed by atoms with Crippen LogP contribution in [0, 0.1) is 6.92 Å². The van der Waals surface area contributed by atoms with Crippen LogP contribution >= 0.6 is 0 Å². The lowest BCUT2D eigenvalue weighted by molar-refractivity contribution is 0.0773. The Labute approximate surface area is 166 Å². The molecule has 0 aliphatic rings. The van der Waals surface area contributed by atoms with Crippen LogP contribution in [0.5, 0.6) is 5.75 Å². The molecule has 2 rings (SSSR count).